The molecular formula is C25H25N3O2. The summed E-state index contributed by atoms with van der Waals surface area (Å²) < 4.78 is 2.26. The molecule has 0 unspecified atom stereocenters. The monoisotopic (exact) mass is 399 g/mol. The van der Waals surface area contributed by atoms with Crippen LogP contribution in [0.3, 0.4) is 0 Å². The third-order valence-corrected chi connectivity index (χ3v) is 5.36. The molecule has 0 aliphatic rings. The topological polar surface area (TPSA) is 67.2 Å². The summed E-state index contributed by atoms with van der Waals surface area (Å²) in [5.74, 6) is 0.434. The van der Waals surface area contributed by atoms with Gasteiger partial charge in [-0.1, -0.05) is 42.5 Å². The van der Waals surface area contributed by atoms with E-state index in [-0.39, 0.29) is 6.04 Å². The van der Waals surface area contributed by atoms with Gasteiger partial charge in [0.2, 0.25) is 0 Å². The predicted octanol–water partition coefficient (Wildman–Crippen LogP) is 5.30. The van der Waals surface area contributed by atoms with Gasteiger partial charge in [-0.2, -0.15) is 0 Å². The fourth-order valence-corrected chi connectivity index (χ4v) is 3.99. The summed E-state index contributed by atoms with van der Waals surface area (Å²) in [4.78, 5) is 16.7. The Labute approximate surface area is 176 Å². The lowest BCUT2D eigenvalue weighted by atomic mass is 10.00. The van der Waals surface area contributed by atoms with Crippen LogP contribution in [0.2, 0.25) is 0 Å². The standard InChI is InChI=1S/C25H25N3O2/c1-16(2)28-23-12-17(3)21(19-9-5-4-6-10-19)15-22(23)26-24(28)14-18-8-7-11-20(13-18)25(29)27-30/h4-13,15-16,30H,14H2,1-3H3,(H,27,29). The van der Waals surface area contributed by atoms with Crippen molar-refractivity contribution in [2.24, 2.45) is 0 Å². The summed E-state index contributed by atoms with van der Waals surface area (Å²) in [5.41, 5.74) is 8.73. The SMILES string of the molecule is Cc1cc2c(cc1-c1ccccc1)nc(Cc1cccc(C(=O)NO)c1)n2C(C)C. The van der Waals surface area contributed by atoms with Crippen LogP contribution in [0.25, 0.3) is 22.2 Å². The number of aromatic nitrogens is 2. The van der Waals surface area contributed by atoms with Gasteiger partial charge in [0.05, 0.1) is 11.0 Å². The molecule has 0 fully saturated rings. The summed E-state index contributed by atoms with van der Waals surface area (Å²) in [6, 6.07) is 22.2. The zero-order valence-electron chi connectivity index (χ0n) is 17.4. The Morgan fingerprint density at radius 1 is 1.07 bits per heavy atom. The van der Waals surface area contributed by atoms with Gasteiger partial charge in [-0.15, -0.1) is 0 Å². The van der Waals surface area contributed by atoms with E-state index in [2.05, 4.69) is 49.6 Å². The molecule has 0 saturated heterocycles. The van der Waals surface area contributed by atoms with Gasteiger partial charge in [0, 0.05) is 18.0 Å². The smallest absolute Gasteiger partial charge is 0.274 e. The highest BCUT2D eigenvalue weighted by Gasteiger charge is 2.16. The Morgan fingerprint density at radius 3 is 2.53 bits per heavy atom. The van der Waals surface area contributed by atoms with Crippen molar-refractivity contribution in [3.8, 4) is 11.1 Å². The van der Waals surface area contributed by atoms with E-state index in [4.69, 9.17) is 10.2 Å². The van der Waals surface area contributed by atoms with Gasteiger partial charge < -0.3 is 4.57 Å². The van der Waals surface area contributed by atoms with Gasteiger partial charge in [-0.25, -0.2) is 10.5 Å². The summed E-state index contributed by atoms with van der Waals surface area (Å²) in [7, 11) is 0. The third-order valence-electron chi connectivity index (χ3n) is 5.36. The first-order chi connectivity index (χ1) is 14.5. The van der Waals surface area contributed by atoms with E-state index in [0.29, 0.717) is 12.0 Å². The van der Waals surface area contributed by atoms with Gasteiger partial charge in [0.1, 0.15) is 5.82 Å². The van der Waals surface area contributed by atoms with Gasteiger partial charge in [-0.3, -0.25) is 10.0 Å². The van der Waals surface area contributed by atoms with Crippen molar-refractivity contribution in [2.45, 2.75) is 33.2 Å². The summed E-state index contributed by atoms with van der Waals surface area (Å²) in [6.07, 6.45) is 0.596. The molecule has 4 aromatic rings. The summed E-state index contributed by atoms with van der Waals surface area (Å²) in [6.45, 7) is 6.44. The lowest BCUT2D eigenvalue weighted by Crippen LogP contribution is -2.18. The van der Waals surface area contributed by atoms with E-state index < -0.39 is 5.91 Å². The second-order valence-corrected chi connectivity index (χ2v) is 7.83. The number of aryl methyl sites for hydroxylation is 1. The van der Waals surface area contributed by atoms with Crippen LogP contribution in [0.4, 0.5) is 0 Å². The molecule has 0 spiro atoms. The summed E-state index contributed by atoms with van der Waals surface area (Å²) in [5, 5.41) is 8.91. The van der Waals surface area contributed by atoms with Crippen LogP contribution in [-0.4, -0.2) is 20.7 Å². The highest BCUT2D eigenvalue weighted by molar-refractivity contribution is 5.93. The molecule has 0 saturated carbocycles. The van der Waals surface area contributed by atoms with Gasteiger partial charge in [-0.05, 0) is 67.3 Å². The van der Waals surface area contributed by atoms with Gasteiger partial charge in [0.25, 0.3) is 5.91 Å². The molecule has 4 rings (SSSR count). The third kappa shape index (κ3) is 3.72. The van der Waals surface area contributed by atoms with Crippen molar-refractivity contribution in [3.05, 3.63) is 89.2 Å². The van der Waals surface area contributed by atoms with E-state index in [1.54, 1.807) is 17.6 Å². The van der Waals surface area contributed by atoms with E-state index in [1.165, 1.54) is 16.7 Å². The highest BCUT2D eigenvalue weighted by Crippen LogP contribution is 2.31. The normalized spacial score (nSPS) is 11.2. The molecule has 5 nitrogen and oxygen atoms in total. The van der Waals surface area contributed by atoms with E-state index in [1.807, 2.05) is 30.3 Å². The second kappa shape index (κ2) is 8.13. The van der Waals surface area contributed by atoms with Crippen molar-refractivity contribution in [2.75, 3.05) is 0 Å². The molecule has 1 heterocycles. The number of nitrogens with one attached hydrogen (secondary N) is 1. The molecule has 1 aromatic heterocycles. The Morgan fingerprint density at radius 2 is 1.83 bits per heavy atom. The minimum atomic E-state index is -0.516. The van der Waals surface area contributed by atoms with Crippen molar-refractivity contribution in [1.29, 1.82) is 0 Å². The zero-order chi connectivity index (χ0) is 21.3. The number of nitrogens with zero attached hydrogens (tertiary/aromatic N) is 2. The Kier molecular flexibility index (Phi) is 5.38. The molecule has 0 atom stereocenters. The number of hydrogen-bond donors (Lipinski definition) is 2. The molecule has 0 bridgehead atoms. The first-order valence-corrected chi connectivity index (χ1v) is 10.1. The lowest BCUT2D eigenvalue weighted by Gasteiger charge is -2.14. The molecule has 2 N–H and O–H groups in total. The van der Waals surface area contributed by atoms with Gasteiger partial charge in [0.15, 0.2) is 0 Å². The largest absolute Gasteiger partial charge is 0.325 e. The first-order valence-electron chi connectivity index (χ1n) is 10.1. The molecule has 0 aliphatic carbocycles. The number of benzene rings is 3. The number of rotatable bonds is 5. The fourth-order valence-electron chi connectivity index (χ4n) is 3.99. The maximum absolute atomic E-state index is 11.8. The lowest BCUT2D eigenvalue weighted by molar-refractivity contribution is 0.0706. The molecule has 152 valence electrons. The quantitative estimate of drug-likeness (QED) is 0.353. The highest BCUT2D eigenvalue weighted by atomic mass is 16.5. The van der Waals surface area contributed by atoms with Crippen molar-refractivity contribution in [1.82, 2.24) is 15.0 Å². The maximum Gasteiger partial charge on any atom is 0.274 e. The zero-order valence-corrected chi connectivity index (χ0v) is 17.4. The van der Waals surface area contributed by atoms with E-state index >= 15 is 0 Å². The van der Waals surface area contributed by atoms with E-state index in [0.717, 1.165) is 22.4 Å². The molecule has 1 amide bonds. The fraction of sp³-hybridized carbons (Fsp3) is 0.200. The molecule has 30 heavy (non-hydrogen) atoms. The number of carbonyl (C=O) groups is 1. The van der Waals surface area contributed by atoms with Crippen molar-refractivity contribution in [3.63, 3.8) is 0 Å². The number of fused-ring (bicyclic) bond motifs is 1. The number of carbonyl (C=O) groups excluding carboxylic acids is 1. The first kappa shape index (κ1) is 19.9. The number of hydrogen-bond acceptors (Lipinski definition) is 3. The van der Waals surface area contributed by atoms with Crippen LogP contribution in [0.1, 0.15) is 47.2 Å². The average molecular weight is 399 g/mol. The molecule has 0 aliphatic heterocycles. The molecule has 5 heteroatoms. The molecular weight excluding hydrogens is 374 g/mol. The van der Waals surface area contributed by atoms with Crippen LogP contribution in [0.15, 0.2) is 66.7 Å². The van der Waals surface area contributed by atoms with Crippen LogP contribution in [0.5, 0.6) is 0 Å². The van der Waals surface area contributed by atoms with Gasteiger partial charge >= 0.3 is 0 Å². The average Bonchev–Trinajstić information content (AvgIpc) is 3.10. The minimum Gasteiger partial charge on any atom is -0.325 e. The molecule has 0 radical (unpaired) electrons. The van der Waals surface area contributed by atoms with Crippen molar-refractivity contribution >= 4 is 16.9 Å². The maximum atomic E-state index is 11.8. The van der Waals surface area contributed by atoms with Crippen LogP contribution >= 0.6 is 0 Å². The Bertz CT molecular complexity index is 1210. The summed E-state index contributed by atoms with van der Waals surface area (Å²) >= 11 is 0. The van der Waals surface area contributed by atoms with E-state index in [9.17, 15) is 4.79 Å². The van der Waals surface area contributed by atoms with Crippen LogP contribution in [0, 0.1) is 6.92 Å². The van der Waals surface area contributed by atoms with Crippen LogP contribution < -0.4 is 5.48 Å². The Balaban J connectivity index is 1.80. The number of amides is 1. The van der Waals surface area contributed by atoms with Crippen LogP contribution in [-0.2, 0) is 6.42 Å². The van der Waals surface area contributed by atoms with Crippen molar-refractivity contribution < 1.29 is 10.0 Å². The second-order valence-electron chi connectivity index (χ2n) is 7.83. The predicted molar refractivity (Wildman–Crippen MR) is 119 cm³/mol. The Hall–Kier alpha value is -3.44. The number of hydroxylamine groups is 1. The minimum absolute atomic E-state index is 0.246. The number of imidazole rings is 1. The molecule has 3 aromatic carbocycles.